The topological polar surface area (TPSA) is 54.0 Å². The standard InChI is InChI=1S/C22H22ClN3O/c23-20-8-6-18(7-9-20)11-13-26-22(27)19-14-21(16-24-15-19)25-12-10-17-4-2-1-3-5-17/h1-9,14-16,25H,10-13H2,(H,26,27). The van der Waals surface area contributed by atoms with E-state index >= 15 is 0 Å². The molecule has 0 saturated heterocycles. The second-order valence-corrected chi connectivity index (χ2v) is 6.69. The zero-order valence-corrected chi connectivity index (χ0v) is 15.7. The molecule has 0 fully saturated rings. The fourth-order valence-corrected chi connectivity index (χ4v) is 2.86. The lowest BCUT2D eigenvalue weighted by atomic mass is 10.1. The molecule has 0 saturated carbocycles. The summed E-state index contributed by atoms with van der Waals surface area (Å²) in [6.07, 6.45) is 4.99. The maximum absolute atomic E-state index is 12.3. The Morgan fingerprint density at radius 2 is 1.59 bits per heavy atom. The van der Waals surface area contributed by atoms with Gasteiger partial charge in [0.15, 0.2) is 0 Å². The third-order valence-corrected chi connectivity index (χ3v) is 4.45. The van der Waals surface area contributed by atoms with Crippen LogP contribution in [0, 0.1) is 0 Å². The van der Waals surface area contributed by atoms with Crippen molar-refractivity contribution in [2.24, 2.45) is 0 Å². The Morgan fingerprint density at radius 3 is 2.37 bits per heavy atom. The molecule has 0 aliphatic rings. The SMILES string of the molecule is O=C(NCCc1ccc(Cl)cc1)c1cncc(NCCc2ccccc2)c1. The van der Waals surface area contributed by atoms with Gasteiger partial charge in [-0.25, -0.2) is 0 Å². The lowest BCUT2D eigenvalue weighted by Crippen LogP contribution is -2.25. The van der Waals surface area contributed by atoms with Crippen LogP contribution in [-0.4, -0.2) is 24.0 Å². The summed E-state index contributed by atoms with van der Waals surface area (Å²) in [5.41, 5.74) is 3.80. The zero-order chi connectivity index (χ0) is 18.9. The predicted molar refractivity (Wildman–Crippen MR) is 110 cm³/mol. The molecule has 0 aliphatic carbocycles. The minimum absolute atomic E-state index is 0.122. The third kappa shape index (κ3) is 6.12. The molecule has 0 bridgehead atoms. The number of carbonyl (C=O) groups excluding carboxylic acids is 1. The maximum atomic E-state index is 12.3. The fraction of sp³-hybridized carbons (Fsp3) is 0.182. The van der Waals surface area contributed by atoms with Crippen molar-refractivity contribution >= 4 is 23.2 Å². The van der Waals surface area contributed by atoms with Crippen LogP contribution < -0.4 is 10.6 Å². The minimum Gasteiger partial charge on any atom is -0.383 e. The van der Waals surface area contributed by atoms with Crippen molar-refractivity contribution in [3.05, 3.63) is 94.8 Å². The number of hydrogen-bond donors (Lipinski definition) is 2. The van der Waals surface area contributed by atoms with Gasteiger partial charge in [-0.1, -0.05) is 54.1 Å². The van der Waals surface area contributed by atoms with Crippen molar-refractivity contribution in [2.75, 3.05) is 18.4 Å². The van der Waals surface area contributed by atoms with Gasteiger partial charge in [-0.15, -0.1) is 0 Å². The summed E-state index contributed by atoms with van der Waals surface area (Å²) in [6, 6.07) is 19.7. The Bertz CT molecular complexity index is 866. The van der Waals surface area contributed by atoms with Gasteiger partial charge in [0.1, 0.15) is 0 Å². The highest BCUT2D eigenvalue weighted by molar-refractivity contribution is 6.30. The van der Waals surface area contributed by atoms with E-state index in [4.69, 9.17) is 11.6 Å². The summed E-state index contributed by atoms with van der Waals surface area (Å²) < 4.78 is 0. The van der Waals surface area contributed by atoms with Crippen LogP contribution in [0.3, 0.4) is 0 Å². The molecule has 1 aromatic heterocycles. The number of halogens is 1. The smallest absolute Gasteiger partial charge is 0.252 e. The van der Waals surface area contributed by atoms with E-state index in [1.165, 1.54) is 5.56 Å². The number of carbonyl (C=O) groups is 1. The van der Waals surface area contributed by atoms with Crippen molar-refractivity contribution in [2.45, 2.75) is 12.8 Å². The van der Waals surface area contributed by atoms with Gasteiger partial charge in [0.25, 0.3) is 5.91 Å². The summed E-state index contributed by atoms with van der Waals surface area (Å²) in [4.78, 5) is 16.5. The second kappa shape index (κ2) is 9.74. The van der Waals surface area contributed by atoms with E-state index in [-0.39, 0.29) is 5.91 Å². The van der Waals surface area contributed by atoms with Crippen molar-refractivity contribution < 1.29 is 4.79 Å². The molecular weight excluding hydrogens is 358 g/mol. The van der Waals surface area contributed by atoms with Crippen LogP contribution in [-0.2, 0) is 12.8 Å². The van der Waals surface area contributed by atoms with Crippen LogP contribution in [0.4, 0.5) is 5.69 Å². The lowest BCUT2D eigenvalue weighted by molar-refractivity contribution is 0.0954. The van der Waals surface area contributed by atoms with E-state index in [0.29, 0.717) is 17.1 Å². The average Bonchev–Trinajstić information content (AvgIpc) is 2.70. The van der Waals surface area contributed by atoms with Gasteiger partial charge in [-0.2, -0.15) is 0 Å². The van der Waals surface area contributed by atoms with E-state index < -0.39 is 0 Å². The molecule has 4 nitrogen and oxygen atoms in total. The van der Waals surface area contributed by atoms with Gasteiger partial charge < -0.3 is 10.6 Å². The minimum atomic E-state index is -0.122. The zero-order valence-electron chi connectivity index (χ0n) is 15.0. The summed E-state index contributed by atoms with van der Waals surface area (Å²) in [7, 11) is 0. The Balaban J connectivity index is 1.47. The normalized spacial score (nSPS) is 10.4. The highest BCUT2D eigenvalue weighted by atomic mass is 35.5. The monoisotopic (exact) mass is 379 g/mol. The number of aromatic nitrogens is 1. The summed E-state index contributed by atoms with van der Waals surface area (Å²) in [5, 5.41) is 6.97. The van der Waals surface area contributed by atoms with Crippen molar-refractivity contribution in [1.82, 2.24) is 10.3 Å². The van der Waals surface area contributed by atoms with E-state index in [1.54, 1.807) is 12.4 Å². The number of amides is 1. The highest BCUT2D eigenvalue weighted by Gasteiger charge is 2.06. The first-order valence-corrected chi connectivity index (χ1v) is 9.34. The Kier molecular flexibility index (Phi) is 6.83. The van der Waals surface area contributed by atoms with Gasteiger partial charge in [-0.05, 0) is 42.2 Å². The van der Waals surface area contributed by atoms with Gasteiger partial charge in [0.05, 0.1) is 11.3 Å². The first kappa shape index (κ1) is 18.9. The fourth-order valence-electron chi connectivity index (χ4n) is 2.73. The lowest BCUT2D eigenvalue weighted by Gasteiger charge is -2.09. The molecule has 0 unspecified atom stereocenters. The molecule has 2 N–H and O–H groups in total. The van der Waals surface area contributed by atoms with Gasteiger partial charge in [-0.3, -0.25) is 9.78 Å². The number of nitrogens with one attached hydrogen (secondary N) is 2. The Morgan fingerprint density at radius 1 is 0.889 bits per heavy atom. The molecule has 1 amide bonds. The molecular formula is C22H22ClN3O. The van der Waals surface area contributed by atoms with Crippen molar-refractivity contribution in [3.63, 3.8) is 0 Å². The molecule has 3 aromatic rings. The van der Waals surface area contributed by atoms with Crippen LogP contribution in [0.2, 0.25) is 5.02 Å². The first-order chi connectivity index (χ1) is 13.2. The number of benzene rings is 2. The second-order valence-electron chi connectivity index (χ2n) is 6.26. The number of hydrogen-bond acceptors (Lipinski definition) is 3. The van der Waals surface area contributed by atoms with Crippen LogP contribution in [0.25, 0.3) is 0 Å². The van der Waals surface area contributed by atoms with Gasteiger partial charge >= 0.3 is 0 Å². The number of rotatable bonds is 8. The molecule has 27 heavy (non-hydrogen) atoms. The molecule has 0 radical (unpaired) electrons. The molecule has 138 valence electrons. The Hall–Kier alpha value is -2.85. The molecule has 0 aliphatic heterocycles. The van der Waals surface area contributed by atoms with E-state index in [1.807, 2.05) is 48.5 Å². The van der Waals surface area contributed by atoms with Crippen molar-refractivity contribution in [1.29, 1.82) is 0 Å². The van der Waals surface area contributed by atoms with E-state index in [9.17, 15) is 4.79 Å². The van der Waals surface area contributed by atoms with Crippen LogP contribution >= 0.6 is 11.6 Å². The van der Waals surface area contributed by atoms with Crippen molar-refractivity contribution in [3.8, 4) is 0 Å². The van der Waals surface area contributed by atoms with Gasteiger partial charge in [0, 0.05) is 30.5 Å². The molecule has 0 spiro atoms. The number of anilines is 1. The molecule has 3 rings (SSSR count). The highest BCUT2D eigenvalue weighted by Crippen LogP contribution is 2.11. The third-order valence-electron chi connectivity index (χ3n) is 4.20. The summed E-state index contributed by atoms with van der Waals surface area (Å²) in [5.74, 6) is -0.122. The number of pyridine rings is 1. The Labute approximate surface area is 164 Å². The molecule has 5 heteroatoms. The largest absolute Gasteiger partial charge is 0.383 e. The van der Waals surface area contributed by atoms with Crippen LogP contribution in [0.1, 0.15) is 21.5 Å². The molecule has 1 heterocycles. The summed E-state index contributed by atoms with van der Waals surface area (Å²) >= 11 is 5.88. The predicted octanol–water partition coefficient (Wildman–Crippen LogP) is 4.36. The van der Waals surface area contributed by atoms with Gasteiger partial charge in [0.2, 0.25) is 0 Å². The number of nitrogens with zero attached hydrogens (tertiary/aromatic N) is 1. The first-order valence-electron chi connectivity index (χ1n) is 8.96. The average molecular weight is 380 g/mol. The van der Waals surface area contributed by atoms with Crippen LogP contribution in [0.15, 0.2) is 73.1 Å². The molecule has 0 atom stereocenters. The van der Waals surface area contributed by atoms with E-state index in [0.717, 1.165) is 30.6 Å². The van der Waals surface area contributed by atoms with Crippen LogP contribution in [0.5, 0.6) is 0 Å². The van der Waals surface area contributed by atoms with E-state index in [2.05, 4.69) is 27.8 Å². The molecule has 2 aromatic carbocycles. The maximum Gasteiger partial charge on any atom is 0.252 e. The quantitative estimate of drug-likeness (QED) is 0.611. The summed E-state index contributed by atoms with van der Waals surface area (Å²) in [6.45, 7) is 1.35.